The molecule has 0 radical (unpaired) electrons. The predicted octanol–water partition coefficient (Wildman–Crippen LogP) is 4.78. The van der Waals surface area contributed by atoms with Crippen LogP contribution >= 0.6 is 11.0 Å². The van der Waals surface area contributed by atoms with E-state index in [4.69, 9.17) is 0 Å². The molecule has 3 rings (SSSR count). The lowest BCUT2D eigenvalue weighted by molar-refractivity contribution is 0.328. The van der Waals surface area contributed by atoms with Crippen LogP contribution in [0.3, 0.4) is 0 Å². The predicted molar refractivity (Wildman–Crippen MR) is 101 cm³/mol. The van der Waals surface area contributed by atoms with Gasteiger partial charge < -0.3 is 5.32 Å². The molecule has 0 aliphatic carbocycles. The molecule has 10 heteroatoms. The molecule has 0 fully saturated rings. The van der Waals surface area contributed by atoms with Crippen molar-refractivity contribution >= 4 is 22.3 Å². The van der Waals surface area contributed by atoms with Crippen LogP contribution in [-0.4, -0.2) is 33.5 Å². The Kier molecular flexibility index (Phi) is 6.15. The van der Waals surface area contributed by atoms with E-state index in [0.717, 1.165) is 12.5 Å². The molecular weight excluding hydrogens is 398 g/mol. The molecule has 0 unspecified atom stereocenters. The zero-order chi connectivity index (χ0) is 20.5. The van der Waals surface area contributed by atoms with E-state index in [1.54, 1.807) is 7.05 Å². The molecule has 1 aliphatic rings. The quantitative estimate of drug-likeness (QED) is 0.465. The number of nitrogens with one attached hydrogen (secondary N) is 1. The van der Waals surface area contributed by atoms with Gasteiger partial charge in [0.1, 0.15) is 17.3 Å². The SMILES string of the molecule is CNCCCCN1Cc2cc(F)ccc2N(c2c(F)cc(F)cc2F)S1(O)O. The molecule has 0 saturated carbocycles. The molecule has 5 nitrogen and oxygen atoms in total. The first-order valence-corrected chi connectivity index (χ1v) is 10.1. The summed E-state index contributed by atoms with van der Waals surface area (Å²) in [5.74, 6) is -4.27. The van der Waals surface area contributed by atoms with E-state index in [1.807, 2.05) is 0 Å². The highest BCUT2D eigenvalue weighted by molar-refractivity contribution is 8.23. The summed E-state index contributed by atoms with van der Waals surface area (Å²) in [6, 6.07) is 4.38. The molecule has 0 amide bonds. The topological polar surface area (TPSA) is 59.0 Å². The van der Waals surface area contributed by atoms with E-state index >= 15 is 0 Å². The van der Waals surface area contributed by atoms with E-state index in [-0.39, 0.29) is 18.8 Å². The number of nitrogens with zero attached hydrogens (tertiary/aromatic N) is 2. The molecule has 28 heavy (non-hydrogen) atoms. The number of unbranched alkanes of at least 4 members (excludes halogenated alkanes) is 1. The monoisotopic (exact) mass is 419 g/mol. The first-order valence-electron chi connectivity index (χ1n) is 8.67. The Morgan fingerprint density at radius 3 is 2.32 bits per heavy atom. The van der Waals surface area contributed by atoms with E-state index in [0.29, 0.717) is 35.0 Å². The third kappa shape index (κ3) is 3.96. The van der Waals surface area contributed by atoms with Crippen molar-refractivity contribution in [1.82, 2.24) is 9.62 Å². The Bertz CT molecular complexity index is 846. The van der Waals surface area contributed by atoms with Gasteiger partial charge in [-0.2, -0.15) is 4.31 Å². The van der Waals surface area contributed by atoms with Gasteiger partial charge in [-0.25, -0.2) is 21.9 Å². The Morgan fingerprint density at radius 2 is 1.68 bits per heavy atom. The lowest BCUT2D eigenvalue weighted by Gasteiger charge is -2.53. The molecule has 0 aromatic heterocycles. The van der Waals surface area contributed by atoms with Gasteiger partial charge in [-0.1, -0.05) is 0 Å². The molecule has 0 spiro atoms. The Labute approximate surface area is 162 Å². The standard InChI is InChI=1S/C18H21F4N3O2S/c1-23-6-2-3-7-24-11-12-8-13(19)4-5-17(12)25(28(24,26)27)18-15(21)9-14(20)10-16(18)22/h4-5,8-10,23,26-27H,2-3,6-7,11H2,1H3. The first kappa shape index (κ1) is 20.9. The average Bonchev–Trinajstić information content (AvgIpc) is 2.60. The molecule has 1 aliphatic heterocycles. The minimum atomic E-state index is -3.87. The van der Waals surface area contributed by atoms with Gasteiger partial charge in [0.25, 0.3) is 0 Å². The Balaban J connectivity index is 2.08. The minimum Gasteiger partial charge on any atom is -0.320 e. The van der Waals surface area contributed by atoms with Crippen LogP contribution < -0.4 is 9.62 Å². The second-order valence-corrected chi connectivity index (χ2v) is 8.31. The summed E-state index contributed by atoms with van der Waals surface area (Å²) in [4.78, 5) is 0. The number of rotatable bonds is 6. The smallest absolute Gasteiger partial charge is 0.154 e. The molecule has 2 aromatic carbocycles. The average molecular weight is 419 g/mol. The van der Waals surface area contributed by atoms with Gasteiger partial charge in [-0.15, -0.1) is 0 Å². The molecule has 0 atom stereocenters. The summed E-state index contributed by atoms with van der Waals surface area (Å²) in [7, 11) is -2.08. The van der Waals surface area contributed by atoms with Crippen LogP contribution in [0, 0.1) is 23.3 Å². The second kappa shape index (κ2) is 8.26. The van der Waals surface area contributed by atoms with Crippen molar-refractivity contribution in [1.29, 1.82) is 0 Å². The van der Waals surface area contributed by atoms with Crippen LogP contribution in [0.5, 0.6) is 0 Å². The highest BCUT2D eigenvalue weighted by atomic mass is 32.3. The Hall–Kier alpha value is -1.85. The summed E-state index contributed by atoms with van der Waals surface area (Å²) in [5, 5.41) is 2.97. The van der Waals surface area contributed by atoms with Gasteiger partial charge in [0.15, 0.2) is 11.6 Å². The third-order valence-electron chi connectivity index (χ3n) is 4.47. The van der Waals surface area contributed by atoms with Crippen molar-refractivity contribution in [3.63, 3.8) is 0 Å². The van der Waals surface area contributed by atoms with E-state index < -0.39 is 39.9 Å². The number of benzene rings is 2. The van der Waals surface area contributed by atoms with Crippen LogP contribution in [-0.2, 0) is 6.54 Å². The van der Waals surface area contributed by atoms with Gasteiger partial charge in [-0.3, -0.25) is 9.11 Å². The fourth-order valence-corrected chi connectivity index (χ4v) is 4.94. The molecule has 2 aromatic rings. The van der Waals surface area contributed by atoms with E-state index in [9.17, 15) is 26.7 Å². The lowest BCUT2D eigenvalue weighted by atomic mass is 10.1. The highest BCUT2D eigenvalue weighted by Crippen LogP contribution is 2.59. The fourth-order valence-electron chi connectivity index (χ4n) is 3.17. The molecule has 0 bridgehead atoms. The van der Waals surface area contributed by atoms with Gasteiger partial charge >= 0.3 is 0 Å². The summed E-state index contributed by atoms with van der Waals surface area (Å²) >= 11 is 0. The summed E-state index contributed by atoms with van der Waals surface area (Å²) in [5.41, 5.74) is -0.408. The fraction of sp³-hybridized carbons (Fsp3) is 0.333. The maximum absolute atomic E-state index is 14.5. The van der Waals surface area contributed by atoms with Gasteiger partial charge in [-0.05, 0) is 61.2 Å². The van der Waals surface area contributed by atoms with Crippen molar-refractivity contribution in [2.45, 2.75) is 19.4 Å². The number of hydrogen-bond donors (Lipinski definition) is 3. The lowest BCUT2D eigenvalue weighted by Crippen LogP contribution is -2.42. The highest BCUT2D eigenvalue weighted by Gasteiger charge is 2.40. The van der Waals surface area contributed by atoms with Crippen LogP contribution in [0.2, 0.25) is 0 Å². The summed E-state index contributed by atoms with van der Waals surface area (Å²) < 4.78 is 79.8. The largest absolute Gasteiger partial charge is 0.320 e. The number of anilines is 2. The number of fused-ring (bicyclic) bond motifs is 1. The number of halogens is 4. The first-order chi connectivity index (χ1) is 13.3. The van der Waals surface area contributed by atoms with Crippen molar-refractivity contribution in [3.8, 4) is 0 Å². The van der Waals surface area contributed by atoms with Crippen molar-refractivity contribution < 1.29 is 26.7 Å². The molecule has 3 N–H and O–H groups in total. The van der Waals surface area contributed by atoms with E-state index in [2.05, 4.69) is 5.32 Å². The molecule has 154 valence electrons. The van der Waals surface area contributed by atoms with Crippen LogP contribution in [0.1, 0.15) is 18.4 Å². The third-order valence-corrected chi connectivity index (χ3v) is 6.34. The van der Waals surface area contributed by atoms with Gasteiger partial charge in [0, 0.05) is 25.2 Å². The van der Waals surface area contributed by atoms with Crippen LogP contribution in [0.15, 0.2) is 30.3 Å². The second-order valence-electron chi connectivity index (χ2n) is 6.45. The van der Waals surface area contributed by atoms with Crippen molar-refractivity contribution in [2.24, 2.45) is 0 Å². The molecule has 0 saturated heterocycles. The van der Waals surface area contributed by atoms with Crippen molar-refractivity contribution in [3.05, 3.63) is 59.2 Å². The zero-order valence-corrected chi connectivity index (χ0v) is 15.9. The summed E-state index contributed by atoms with van der Waals surface area (Å²) in [6.07, 6.45) is 1.31. The van der Waals surface area contributed by atoms with Crippen molar-refractivity contribution in [2.75, 3.05) is 24.4 Å². The zero-order valence-electron chi connectivity index (χ0n) is 15.1. The van der Waals surface area contributed by atoms with Crippen LogP contribution in [0.4, 0.5) is 28.9 Å². The van der Waals surface area contributed by atoms with Gasteiger partial charge in [0.05, 0.1) is 5.69 Å². The normalized spacial score (nSPS) is 17.5. The molecule has 1 heterocycles. The number of hydrogen-bond acceptors (Lipinski definition) is 5. The Morgan fingerprint density at radius 1 is 1.00 bits per heavy atom. The van der Waals surface area contributed by atoms with E-state index in [1.165, 1.54) is 16.4 Å². The summed E-state index contributed by atoms with van der Waals surface area (Å²) in [6.45, 7) is 0.917. The maximum atomic E-state index is 14.5. The van der Waals surface area contributed by atoms with Crippen LogP contribution in [0.25, 0.3) is 0 Å². The molecular formula is C18H21F4N3O2S. The van der Waals surface area contributed by atoms with Gasteiger partial charge in [0.2, 0.25) is 0 Å². The maximum Gasteiger partial charge on any atom is 0.154 e. The minimum absolute atomic E-state index is 0.00405.